The number of nitrogens with zero attached hydrogens (tertiary/aromatic N) is 2. The first-order valence-corrected chi connectivity index (χ1v) is 10.00. The molecule has 1 fully saturated rings. The van der Waals surface area contributed by atoms with Gasteiger partial charge in [-0.2, -0.15) is 0 Å². The first-order valence-electron chi connectivity index (χ1n) is 8.17. The molecule has 1 aromatic rings. The van der Waals surface area contributed by atoms with Gasteiger partial charge in [-0.1, -0.05) is 0 Å². The quantitative estimate of drug-likeness (QED) is 0.415. The molecule has 2 unspecified atom stereocenters. The fourth-order valence-electron chi connectivity index (χ4n) is 2.68. The molecular formula is C16H21N3O7S. The molecule has 2 atom stereocenters. The number of esters is 1. The summed E-state index contributed by atoms with van der Waals surface area (Å²) in [4.78, 5) is 36.4. The second kappa shape index (κ2) is 7.91. The van der Waals surface area contributed by atoms with E-state index in [1.165, 1.54) is 19.1 Å². The summed E-state index contributed by atoms with van der Waals surface area (Å²) in [5.74, 6) is -1.64. The number of hydrogen-bond donors (Lipinski definition) is 1. The number of amides is 1. The van der Waals surface area contributed by atoms with E-state index in [1.54, 1.807) is 19.0 Å². The summed E-state index contributed by atoms with van der Waals surface area (Å²) in [7, 11) is 0.123. The number of hydrogen-bond acceptors (Lipinski definition) is 8. The number of benzene rings is 1. The molecule has 27 heavy (non-hydrogen) atoms. The van der Waals surface area contributed by atoms with E-state index < -0.39 is 38.8 Å². The maximum Gasteiger partial charge on any atom is 0.339 e. The minimum atomic E-state index is -3.15. The summed E-state index contributed by atoms with van der Waals surface area (Å²) in [5.41, 5.74) is 0.00268. The van der Waals surface area contributed by atoms with Crippen LogP contribution in [-0.4, -0.2) is 63.0 Å². The molecule has 10 nitrogen and oxygen atoms in total. The molecule has 1 N–H and O–H groups in total. The molecule has 1 heterocycles. The zero-order valence-corrected chi connectivity index (χ0v) is 16.0. The van der Waals surface area contributed by atoms with Gasteiger partial charge in [-0.15, -0.1) is 0 Å². The Hall–Kier alpha value is -2.69. The third-order valence-corrected chi connectivity index (χ3v) is 5.89. The van der Waals surface area contributed by atoms with Crippen molar-refractivity contribution in [3.63, 3.8) is 0 Å². The zero-order valence-electron chi connectivity index (χ0n) is 15.2. The first-order chi connectivity index (χ1) is 12.5. The normalized spacial score (nSPS) is 19.1. The third kappa shape index (κ3) is 5.16. The van der Waals surface area contributed by atoms with Gasteiger partial charge in [-0.05, 0) is 25.5 Å². The van der Waals surface area contributed by atoms with Crippen molar-refractivity contribution in [3.8, 4) is 0 Å². The monoisotopic (exact) mass is 399 g/mol. The van der Waals surface area contributed by atoms with Gasteiger partial charge in [0.15, 0.2) is 15.9 Å². The largest absolute Gasteiger partial charge is 0.449 e. The van der Waals surface area contributed by atoms with Crippen molar-refractivity contribution in [2.24, 2.45) is 0 Å². The molecular weight excluding hydrogens is 378 g/mol. The number of nitro benzene ring substituents is 1. The Morgan fingerprint density at radius 1 is 1.37 bits per heavy atom. The molecule has 0 aromatic heterocycles. The highest BCUT2D eigenvalue weighted by Gasteiger charge is 2.31. The fraction of sp³-hybridized carbons (Fsp3) is 0.500. The highest BCUT2D eigenvalue weighted by Crippen LogP contribution is 2.28. The van der Waals surface area contributed by atoms with Crippen LogP contribution in [0.15, 0.2) is 18.2 Å². The number of ether oxygens (including phenoxy) is 1. The number of carbonyl (C=O) groups excluding carboxylic acids is 2. The Morgan fingerprint density at radius 3 is 2.56 bits per heavy atom. The van der Waals surface area contributed by atoms with E-state index in [-0.39, 0.29) is 22.8 Å². The van der Waals surface area contributed by atoms with Crippen LogP contribution in [-0.2, 0) is 19.4 Å². The van der Waals surface area contributed by atoms with Gasteiger partial charge in [0, 0.05) is 26.2 Å². The summed E-state index contributed by atoms with van der Waals surface area (Å²) in [6.07, 6.45) is -0.860. The molecule has 0 bridgehead atoms. The molecule has 0 radical (unpaired) electrons. The lowest BCUT2D eigenvalue weighted by atomic mass is 10.1. The van der Waals surface area contributed by atoms with Gasteiger partial charge in [-0.3, -0.25) is 14.9 Å². The second-order valence-electron chi connectivity index (χ2n) is 6.51. The number of rotatable bonds is 6. The predicted molar refractivity (Wildman–Crippen MR) is 97.5 cm³/mol. The van der Waals surface area contributed by atoms with Crippen molar-refractivity contribution >= 4 is 33.1 Å². The summed E-state index contributed by atoms with van der Waals surface area (Å²) in [6, 6.07) is 3.37. The Bertz CT molecular complexity index is 867. The first kappa shape index (κ1) is 20.6. The predicted octanol–water partition coefficient (Wildman–Crippen LogP) is 0.509. The van der Waals surface area contributed by atoms with E-state index in [0.717, 1.165) is 6.07 Å². The van der Waals surface area contributed by atoms with Gasteiger partial charge in [0.1, 0.15) is 5.69 Å². The van der Waals surface area contributed by atoms with Crippen molar-refractivity contribution in [2.75, 3.05) is 30.5 Å². The number of carbonyl (C=O) groups is 2. The van der Waals surface area contributed by atoms with Crippen molar-refractivity contribution < 1.29 is 27.7 Å². The smallest absolute Gasteiger partial charge is 0.339 e. The van der Waals surface area contributed by atoms with Crippen molar-refractivity contribution in [2.45, 2.75) is 25.5 Å². The lowest BCUT2D eigenvalue weighted by Crippen LogP contribution is -2.42. The van der Waals surface area contributed by atoms with Crippen LogP contribution < -0.4 is 10.2 Å². The summed E-state index contributed by atoms with van der Waals surface area (Å²) in [5, 5.41) is 13.7. The average Bonchev–Trinajstić information content (AvgIpc) is 2.92. The van der Waals surface area contributed by atoms with Gasteiger partial charge in [0.2, 0.25) is 0 Å². The van der Waals surface area contributed by atoms with E-state index >= 15 is 0 Å². The van der Waals surface area contributed by atoms with Crippen LogP contribution in [0, 0.1) is 10.1 Å². The Morgan fingerprint density at radius 2 is 2.04 bits per heavy atom. The minimum absolute atomic E-state index is 0.00794. The van der Waals surface area contributed by atoms with Gasteiger partial charge >= 0.3 is 5.97 Å². The fourth-order valence-corrected chi connectivity index (χ4v) is 4.36. The number of nitro groups is 1. The van der Waals surface area contributed by atoms with E-state index in [4.69, 9.17) is 4.74 Å². The summed E-state index contributed by atoms with van der Waals surface area (Å²) < 4.78 is 27.9. The van der Waals surface area contributed by atoms with Crippen LogP contribution >= 0.6 is 0 Å². The molecule has 1 amide bonds. The molecule has 1 saturated heterocycles. The minimum Gasteiger partial charge on any atom is -0.449 e. The maximum absolute atomic E-state index is 12.2. The second-order valence-corrected chi connectivity index (χ2v) is 8.74. The van der Waals surface area contributed by atoms with E-state index in [1.807, 2.05) is 0 Å². The van der Waals surface area contributed by atoms with Crippen LogP contribution in [0.5, 0.6) is 0 Å². The van der Waals surface area contributed by atoms with Crippen molar-refractivity contribution in [1.82, 2.24) is 5.32 Å². The van der Waals surface area contributed by atoms with Gasteiger partial charge in [0.25, 0.3) is 11.6 Å². The molecule has 1 aliphatic rings. The van der Waals surface area contributed by atoms with Crippen molar-refractivity contribution in [3.05, 3.63) is 33.9 Å². The zero-order chi connectivity index (χ0) is 20.4. The third-order valence-electron chi connectivity index (χ3n) is 4.12. The van der Waals surface area contributed by atoms with E-state index in [0.29, 0.717) is 12.1 Å². The Labute approximate surface area is 156 Å². The SMILES string of the molecule is CC(OC(=O)c1ccc(N(C)C)c([N+](=O)[O-])c1)C(=O)NC1CCS(=O)(=O)C1. The molecule has 11 heteroatoms. The topological polar surface area (TPSA) is 136 Å². The van der Waals surface area contributed by atoms with Crippen molar-refractivity contribution in [1.29, 1.82) is 0 Å². The number of sulfone groups is 1. The van der Waals surface area contributed by atoms with Crippen LogP contribution in [0.4, 0.5) is 11.4 Å². The molecule has 0 spiro atoms. The molecule has 0 aliphatic carbocycles. The highest BCUT2D eigenvalue weighted by atomic mass is 32.2. The molecule has 148 valence electrons. The van der Waals surface area contributed by atoms with E-state index in [2.05, 4.69) is 5.32 Å². The van der Waals surface area contributed by atoms with Crippen LogP contribution in [0.3, 0.4) is 0 Å². The maximum atomic E-state index is 12.2. The molecule has 2 rings (SSSR count). The van der Waals surface area contributed by atoms with Crippen LogP contribution in [0.2, 0.25) is 0 Å². The number of nitrogens with one attached hydrogen (secondary N) is 1. The molecule has 0 saturated carbocycles. The van der Waals surface area contributed by atoms with Gasteiger partial charge in [0.05, 0.1) is 22.0 Å². The Balaban J connectivity index is 2.04. The van der Waals surface area contributed by atoms with Crippen LogP contribution in [0.1, 0.15) is 23.7 Å². The Kier molecular flexibility index (Phi) is 6.04. The van der Waals surface area contributed by atoms with Gasteiger partial charge < -0.3 is 15.0 Å². The van der Waals surface area contributed by atoms with Gasteiger partial charge in [-0.25, -0.2) is 13.2 Å². The average molecular weight is 399 g/mol. The highest BCUT2D eigenvalue weighted by molar-refractivity contribution is 7.91. The lowest BCUT2D eigenvalue weighted by molar-refractivity contribution is -0.384. The molecule has 1 aliphatic heterocycles. The number of anilines is 1. The summed E-state index contributed by atoms with van der Waals surface area (Å²) in [6.45, 7) is 1.35. The standard InChI is InChI=1S/C16H21N3O7S/c1-10(15(20)17-12-6-7-27(24,25)9-12)26-16(21)11-4-5-13(18(2)3)14(8-11)19(22)23/h4-5,8,10,12H,6-7,9H2,1-3H3,(H,17,20). The van der Waals surface area contributed by atoms with Crippen LogP contribution in [0.25, 0.3) is 0 Å². The lowest BCUT2D eigenvalue weighted by Gasteiger charge is -2.17. The van der Waals surface area contributed by atoms with E-state index in [9.17, 15) is 28.1 Å². The molecule has 1 aromatic carbocycles. The summed E-state index contributed by atoms with van der Waals surface area (Å²) >= 11 is 0.